The highest BCUT2D eigenvalue weighted by molar-refractivity contribution is 5.86. The molecule has 0 aliphatic carbocycles. The monoisotopic (exact) mass is 278 g/mol. The number of carbonyl (C=O) groups is 2. The Bertz CT molecular complexity index is 443. The largest absolute Gasteiger partial charge is 0.349 e. The lowest BCUT2D eigenvalue weighted by Gasteiger charge is -2.23. The van der Waals surface area contributed by atoms with Crippen molar-refractivity contribution in [3.8, 4) is 6.07 Å². The number of nitrogens with zero attached hydrogens (tertiary/aromatic N) is 3. The second-order valence-electron chi connectivity index (χ2n) is 5.90. The molecule has 0 aromatic rings. The molecule has 0 saturated carbocycles. The van der Waals surface area contributed by atoms with Crippen LogP contribution in [-0.2, 0) is 9.59 Å². The predicted octanol–water partition coefficient (Wildman–Crippen LogP) is -0.0442. The maximum atomic E-state index is 12.5. The van der Waals surface area contributed by atoms with Gasteiger partial charge in [-0.2, -0.15) is 5.26 Å². The summed E-state index contributed by atoms with van der Waals surface area (Å²) in [4.78, 5) is 27.8. The highest BCUT2D eigenvalue weighted by Crippen LogP contribution is 2.26. The summed E-state index contributed by atoms with van der Waals surface area (Å²) in [6.07, 6.45) is 2.16. The highest BCUT2D eigenvalue weighted by Gasteiger charge is 2.42. The Morgan fingerprint density at radius 1 is 1.40 bits per heavy atom. The first-order chi connectivity index (χ1) is 9.45. The van der Waals surface area contributed by atoms with E-state index in [1.165, 1.54) is 0 Å². The molecular formula is C14H22N4O2. The zero-order chi connectivity index (χ0) is 14.9. The number of nitrogens with one attached hydrogen (secondary N) is 1. The summed E-state index contributed by atoms with van der Waals surface area (Å²) >= 11 is 0. The number of hydrogen-bond acceptors (Lipinski definition) is 4. The second kappa shape index (κ2) is 5.80. The fourth-order valence-corrected chi connectivity index (χ4v) is 3.14. The lowest BCUT2D eigenvalue weighted by Crippen LogP contribution is -2.46. The Morgan fingerprint density at radius 2 is 2.10 bits per heavy atom. The van der Waals surface area contributed by atoms with E-state index >= 15 is 0 Å². The van der Waals surface area contributed by atoms with Crippen molar-refractivity contribution in [2.24, 2.45) is 5.92 Å². The van der Waals surface area contributed by atoms with Crippen LogP contribution in [0.5, 0.6) is 0 Å². The third kappa shape index (κ3) is 2.63. The SMILES string of the molecule is C[C@@H]1N[C@H](C(=O)N2CCC[C@H]2C#N)C[C@H]1C(=O)N(C)C. The van der Waals surface area contributed by atoms with Gasteiger partial charge < -0.3 is 15.1 Å². The van der Waals surface area contributed by atoms with Crippen LogP contribution < -0.4 is 5.32 Å². The van der Waals surface area contributed by atoms with Gasteiger partial charge in [-0.05, 0) is 26.2 Å². The first-order valence-electron chi connectivity index (χ1n) is 7.13. The smallest absolute Gasteiger partial charge is 0.240 e. The highest BCUT2D eigenvalue weighted by atomic mass is 16.2. The number of nitriles is 1. The molecule has 2 aliphatic heterocycles. The molecule has 0 aromatic heterocycles. The van der Waals surface area contributed by atoms with Crippen LogP contribution in [0.3, 0.4) is 0 Å². The minimum Gasteiger partial charge on any atom is -0.349 e. The van der Waals surface area contributed by atoms with E-state index in [4.69, 9.17) is 5.26 Å². The summed E-state index contributed by atoms with van der Waals surface area (Å²) < 4.78 is 0. The number of likely N-dealkylation sites (tertiary alicyclic amines) is 1. The lowest BCUT2D eigenvalue weighted by molar-refractivity contribution is -0.133. The van der Waals surface area contributed by atoms with Gasteiger partial charge in [0.1, 0.15) is 6.04 Å². The lowest BCUT2D eigenvalue weighted by atomic mass is 9.98. The van der Waals surface area contributed by atoms with Gasteiger partial charge in [0.15, 0.2) is 0 Å². The van der Waals surface area contributed by atoms with Crippen LogP contribution in [0.25, 0.3) is 0 Å². The van der Waals surface area contributed by atoms with Gasteiger partial charge in [-0.15, -0.1) is 0 Å². The standard InChI is InChI=1S/C14H22N4O2/c1-9-11(13(19)17(2)3)7-12(16-9)14(20)18-6-4-5-10(18)8-15/h9-12,16H,4-7H2,1-3H3/t9-,10-,11+,12-/m0/s1. The fourth-order valence-electron chi connectivity index (χ4n) is 3.14. The maximum Gasteiger partial charge on any atom is 0.240 e. The van der Waals surface area contributed by atoms with Gasteiger partial charge in [-0.1, -0.05) is 0 Å². The molecule has 0 bridgehead atoms. The molecule has 2 amide bonds. The van der Waals surface area contributed by atoms with Crippen molar-refractivity contribution in [3.63, 3.8) is 0 Å². The normalized spacial score (nSPS) is 33.0. The van der Waals surface area contributed by atoms with Gasteiger partial charge in [-0.25, -0.2) is 0 Å². The van der Waals surface area contributed by atoms with E-state index in [0.717, 1.165) is 12.8 Å². The van der Waals surface area contributed by atoms with E-state index in [1.807, 2.05) is 6.92 Å². The van der Waals surface area contributed by atoms with Crippen molar-refractivity contribution in [2.45, 2.75) is 44.3 Å². The maximum absolute atomic E-state index is 12.5. The van der Waals surface area contributed by atoms with Gasteiger partial charge in [0, 0.05) is 26.7 Å². The average Bonchev–Trinajstić information content (AvgIpc) is 3.02. The van der Waals surface area contributed by atoms with Crippen molar-refractivity contribution in [1.82, 2.24) is 15.1 Å². The van der Waals surface area contributed by atoms with Crippen molar-refractivity contribution in [2.75, 3.05) is 20.6 Å². The van der Waals surface area contributed by atoms with Crippen LogP contribution in [0.4, 0.5) is 0 Å². The van der Waals surface area contributed by atoms with Crippen LogP contribution in [0.1, 0.15) is 26.2 Å². The summed E-state index contributed by atoms with van der Waals surface area (Å²) in [6, 6.07) is 1.53. The molecule has 4 atom stereocenters. The molecule has 0 unspecified atom stereocenters. The molecule has 2 fully saturated rings. The van der Waals surface area contributed by atoms with Crippen LogP contribution in [0, 0.1) is 17.2 Å². The van der Waals surface area contributed by atoms with E-state index in [0.29, 0.717) is 13.0 Å². The third-order valence-corrected chi connectivity index (χ3v) is 4.30. The first kappa shape index (κ1) is 14.8. The zero-order valence-electron chi connectivity index (χ0n) is 12.3. The van der Waals surface area contributed by atoms with Gasteiger partial charge >= 0.3 is 0 Å². The molecule has 6 nitrogen and oxygen atoms in total. The fraction of sp³-hybridized carbons (Fsp3) is 0.786. The second-order valence-corrected chi connectivity index (χ2v) is 5.90. The summed E-state index contributed by atoms with van der Waals surface area (Å²) in [6.45, 7) is 2.58. The Labute approximate surface area is 119 Å². The average molecular weight is 278 g/mol. The number of amides is 2. The minimum atomic E-state index is -0.340. The number of hydrogen-bond donors (Lipinski definition) is 1. The number of rotatable bonds is 2. The Balaban J connectivity index is 2.03. The quantitative estimate of drug-likeness (QED) is 0.768. The molecule has 0 spiro atoms. The minimum absolute atomic E-state index is 0.0120. The molecule has 20 heavy (non-hydrogen) atoms. The molecule has 2 aliphatic rings. The molecule has 6 heteroatoms. The van der Waals surface area contributed by atoms with Crippen molar-refractivity contribution in [1.29, 1.82) is 5.26 Å². The van der Waals surface area contributed by atoms with Crippen LogP contribution in [-0.4, -0.2) is 60.4 Å². The molecule has 110 valence electrons. The van der Waals surface area contributed by atoms with Gasteiger partial charge in [0.2, 0.25) is 11.8 Å². The molecule has 2 heterocycles. The molecule has 0 aromatic carbocycles. The van der Waals surface area contributed by atoms with E-state index in [-0.39, 0.29) is 35.9 Å². The Morgan fingerprint density at radius 3 is 2.70 bits per heavy atom. The van der Waals surface area contributed by atoms with Crippen molar-refractivity contribution in [3.05, 3.63) is 0 Å². The van der Waals surface area contributed by atoms with Crippen LogP contribution in [0.2, 0.25) is 0 Å². The Hall–Kier alpha value is -1.61. The van der Waals surface area contributed by atoms with Crippen LogP contribution >= 0.6 is 0 Å². The van der Waals surface area contributed by atoms with Crippen molar-refractivity contribution < 1.29 is 9.59 Å². The van der Waals surface area contributed by atoms with E-state index < -0.39 is 0 Å². The predicted molar refractivity (Wildman–Crippen MR) is 73.5 cm³/mol. The topological polar surface area (TPSA) is 76.4 Å². The summed E-state index contributed by atoms with van der Waals surface area (Å²) in [5.41, 5.74) is 0. The van der Waals surface area contributed by atoms with E-state index in [1.54, 1.807) is 23.9 Å². The molecule has 1 N–H and O–H groups in total. The van der Waals surface area contributed by atoms with E-state index in [2.05, 4.69) is 11.4 Å². The number of carbonyl (C=O) groups excluding carboxylic acids is 2. The zero-order valence-corrected chi connectivity index (χ0v) is 12.3. The first-order valence-corrected chi connectivity index (χ1v) is 7.13. The Kier molecular flexibility index (Phi) is 4.29. The van der Waals surface area contributed by atoms with E-state index in [9.17, 15) is 9.59 Å². The molecule has 2 rings (SSSR count). The van der Waals surface area contributed by atoms with Gasteiger partial charge in [0.05, 0.1) is 18.0 Å². The molecule has 2 saturated heterocycles. The third-order valence-electron chi connectivity index (χ3n) is 4.30. The van der Waals surface area contributed by atoms with Gasteiger partial charge in [0.25, 0.3) is 0 Å². The summed E-state index contributed by atoms with van der Waals surface area (Å²) in [7, 11) is 3.47. The van der Waals surface area contributed by atoms with Crippen LogP contribution in [0.15, 0.2) is 0 Å². The van der Waals surface area contributed by atoms with Crippen molar-refractivity contribution >= 4 is 11.8 Å². The molecule has 0 radical (unpaired) electrons. The summed E-state index contributed by atoms with van der Waals surface area (Å²) in [5.74, 6) is -0.143. The summed E-state index contributed by atoms with van der Waals surface area (Å²) in [5, 5.41) is 12.3. The molecular weight excluding hydrogens is 256 g/mol. The van der Waals surface area contributed by atoms with Gasteiger partial charge in [-0.3, -0.25) is 9.59 Å².